The van der Waals surface area contributed by atoms with Crippen molar-refractivity contribution in [3.05, 3.63) is 42.1 Å². The molecule has 0 saturated carbocycles. The van der Waals surface area contributed by atoms with Gasteiger partial charge in [0.05, 0.1) is 17.4 Å². The van der Waals surface area contributed by atoms with Gasteiger partial charge in [-0.2, -0.15) is 18.3 Å². The number of carboxylic acids is 1. The van der Waals surface area contributed by atoms with E-state index in [9.17, 15) is 22.8 Å². The third-order valence-corrected chi connectivity index (χ3v) is 4.45. The molecule has 0 bridgehead atoms. The Morgan fingerprint density at radius 1 is 1.19 bits per heavy atom. The summed E-state index contributed by atoms with van der Waals surface area (Å²) in [7, 11) is 1.60. The molecule has 6 nitrogen and oxygen atoms in total. The number of aliphatic carboxylic acids is 1. The van der Waals surface area contributed by atoms with E-state index in [4.69, 9.17) is 5.11 Å². The van der Waals surface area contributed by atoms with Crippen molar-refractivity contribution < 1.29 is 27.9 Å². The lowest BCUT2D eigenvalue weighted by Crippen LogP contribution is -2.34. The van der Waals surface area contributed by atoms with Crippen molar-refractivity contribution in [2.45, 2.75) is 6.18 Å². The fourth-order valence-corrected chi connectivity index (χ4v) is 3.18. The van der Waals surface area contributed by atoms with Crippen LogP contribution >= 0.6 is 0 Å². The molecule has 0 unspecified atom stereocenters. The van der Waals surface area contributed by atoms with Gasteiger partial charge in [0, 0.05) is 31.9 Å². The van der Waals surface area contributed by atoms with E-state index in [1.807, 2.05) is 0 Å². The Kier molecular flexibility index (Phi) is 4.47. The van der Waals surface area contributed by atoms with E-state index in [-0.39, 0.29) is 5.56 Å². The van der Waals surface area contributed by atoms with Crippen molar-refractivity contribution >= 4 is 11.9 Å². The number of carbonyl (C=O) groups is 2. The summed E-state index contributed by atoms with van der Waals surface area (Å²) < 4.78 is 40.8. The predicted octanol–water partition coefficient (Wildman–Crippen LogP) is 2.42. The largest absolute Gasteiger partial charge is 0.481 e. The molecule has 2 aromatic rings. The lowest BCUT2D eigenvalue weighted by atomic mass is 9.96. The second-order valence-corrected chi connectivity index (χ2v) is 6.23. The Morgan fingerprint density at radius 2 is 1.85 bits per heavy atom. The number of benzene rings is 1. The highest BCUT2D eigenvalue weighted by Crippen LogP contribution is 2.38. The topological polar surface area (TPSA) is 75.4 Å². The third kappa shape index (κ3) is 3.29. The highest BCUT2D eigenvalue weighted by atomic mass is 19.4. The minimum absolute atomic E-state index is 0.144. The van der Waals surface area contributed by atoms with E-state index >= 15 is 0 Å². The van der Waals surface area contributed by atoms with Crippen LogP contribution in [-0.4, -0.2) is 50.9 Å². The van der Waals surface area contributed by atoms with Crippen LogP contribution in [0.5, 0.6) is 0 Å². The van der Waals surface area contributed by atoms with Crippen molar-refractivity contribution in [1.82, 2.24) is 14.7 Å². The zero-order chi connectivity index (χ0) is 19.1. The summed E-state index contributed by atoms with van der Waals surface area (Å²) in [6, 6.07) is 8.78. The molecular weight excluding hydrogens is 351 g/mol. The van der Waals surface area contributed by atoms with Crippen LogP contribution in [0.25, 0.3) is 11.3 Å². The first-order valence-corrected chi connectivity index (χ1v) is 7.86. The number of nitrogens with zero attached hydrogens (tertiary/aromatic N) is 3. The summed E-state index contributed by atoms with van der Waals surface area (Å²) in [5.41, 5.74) is 1.14. The number of aromatic nitrogens is 2. The van der Waals surface area contributed by atoms with Crippen molar-refractivity contribution in [2.75, 3.05) is 13.1 Å². The molecule has 0 spiro atoms. The fraction of sp³-hybridized carbons (Fsp3) is 0.353. The second-order valence-electron chi connectivity index (χ2n) is 6.23. The van der Waals surface area contributed by atoms with E-state index in [0.29, 0.717) is 11.3 Å². The summed E-state index contributed by atoms with van der Waals surface area (Å²) in [5, 5.41) is 13.3. The van der Waals surface area contributed by atoms with Crippen molar-refractivity contribution in [3.8, 4) is 11.3 Å². The maximum atomic E-state index is 13.1. The summed E-state index contributed by atoms with van der Waals surface area (Å²) >= 11 is 0. The second kappa shape index (κ2) is 6.47. The zero-order valence-corrected chi connectivity index (χ0v) is 13.8. The Morgan fingerprint density at radius 3 is 2.38 bits per heavy atom. The molecule has 1 aliphatic heterocycles. The van der Waals surface area contributed by atoms with Gasteiger partial charge in [-0.25, -0.2) is 0 Å². The number of hydrogen-bond donors (Lipinski definition) is 1. The molecule has 26 heavy (non-hydrogen) atoms. The van der Waals surface area contributed by atoms with Crippen LogP contribution in [0.2, 0.25) is 0 Å². The van der Waals surface area contributed by atoms with Crippen LogP contribution in [0.3, 0.4) is 0 Å². The minimum atomic E-state index is -4.69. The molecule has 3 rings (SSSR count). The lowest BCUT2D eigenvalue weighted by Gasteiger charge is -2.18. The Balaban J connectivity index is 1.93. The summed E-state index contributed by atoms with van der Waals surface area (Å²) in [5.74, 6) is -5.97. The van der Waals surface area contributed by atoms with Gasteiger partial charge in [0.1, 0.15) is 5.69 Å². The third-order valence-electron chi connectivity index (χ3n) is 4.45. The van der Waals surface area contributed by atoms with Crippen LogP contribution in [0.4, 0.5) is 13.2 Å². The molecule has 1 fully saturated rings. The monoisotopic (exact) mass is 367 g/mol. The highest BCUT2D eigenvalue weighted by molar-refractivity contribution is 6.00. The van der Waals surface area contributed by atoms with Gasteiger partial charge < -0.3 is 10.0 Å². The maximum Gasteiger partial charge on any atom is 0.394 e. The van der Waals surface area contributed by atoms with Crippen LogP contribution < -0.4 is 0 Å². The van der Waals surface area contributed by atoms with Crippen molar-refractivity contribution in [1.29, 1.82) is 0 Å². The van der Waals surface area contributed by atoms with Gasteiger partial charge in [0.15, 0.2) is 0 Å². The number of aryl methyl sites for hydroxylation is 1. The molecule has 1 aliphatic rings. The van der Waals surface area contributed by atoms with Gasteiger partial charge in [0.25, 0.3) is 5.91 Å². The quantitative estimate of drug-likeness (QED) is 0.904. The SMILES string of the molecule is Cn1cc(C(=O)N2C[C@@H](C(F)(F)F)[C@H](C(=O)O)C2)c(-c2ccccc2)n1. The minimum Gasteiger partial charge on any atom is -0.481 e. The number of alkyl halides is 3. The van der Waals surface area contributed by atoms with Gasteiger partial charge in [-0.15, -0.1) is 0 Å². The van der Waals surface area contributed by atoms with E-state index in [1.54, 1.807) is 37.4 Å². The van der Waals surface area contributed by atoms with E-state index in [0.717, 1.165) is 4.90 Å². The molecule has 1 aromatic heterocycles. The molecule has 1 N–H and O–H groups in total. The van der Waals surface area contributed by atoms with Gasteiger partial charge >= 0.3 is 12.1 Å². The average Bonchev–Trinajstić information content (AvgIpc) is 3.19. The zero-order valence-electron chi connectivity index (χ0n) is 13.8. The van der Waals surface area contributed by atoms with E-state index < -0.39 is 43.0 Å². The smallest absolute Gasteiger partial charge is 0.394 e. The van der Waals surface area contributed by atoms with Gasteiger partial charge in [-0.3, -0.25) is 14.3 Å². The summed E-state index contributed by atoms with van der Waals surface area (Å²) in [6.07, 6.45) is -3.25. The van der Waals surface area contributed by atoms with E-state index in [2.05, 4.69) is 5.10 Å². The number of halogens is 3. The first-order valence-electron chi connectivity index (χ1n) is 7.86. The number of hydrogen-bond acceptors (Lipinski definition) is 3. The Labute approximate surface area is 146 Å². The molecule has 0 radical (unpaired) electrons. The molecule has 2 atom stereocenters. The first-order chi connectivity index (χ1) is 12.2. The van der Waals surface area contributed by atoms with Crippen LogP contribution in [-0.2, 0) is 11.8 Å². The maximum absolute atomic E-state index is 13.1. The lowest BCUT2D eigenvalue weighted by molar-refractivity contribution is -0.187. The average molecular weight is 367 g/mol. The number of carbonyl (C=O) groups excluding carboxylic acids is 1. The van der Waals surface area contributed by atoms with Gasteiger partial charge in [-0.1, -0.05) is 30.3 Å². The number of amides is 1. The first kappa shape index (κ1) is 18.0. The fourth-order valence-electron chi connectivity index (χ4n) is 3.18. The van der Waals surface area contributed by atoms with Crippen LogP contribution in [0, 0.1) is 11.8 Å². The number of likely N-dealkylation sites (tertiary alicyclic amines) is 1. The van der Waals surface area contributed by atoms with Crippen molar-refractivity contribution in [3.63, 3.8) is 0 Å². The molecule has 1 aromatic carbocycles. The number of rotatable bonds is 3. The molecular formula is C17H16F3N3O3. The van der Waals surface area contributed by atoms with Gasteiger partial charge in [-0.05, 0) is 0 Å². The van der Waals surface area contributed by atoms with Gasteiger partial charge in [0.2, 0.25) is 0 Å². The Bertz CT molecular complexity index is 833. The standard InChI is InChI=1S/C17H16F3N3O3/c1-22-7-12(14(21-22)10-5-3-2-4-6-10)15(24)23-8-11(16(25)26)13(9-23)17(18,19)20/h2-7,11,13H,8-9H2,1H3,(H,25,26)/t11-,13-/m1/s1. The summed E-state index contributed by atoms with van der Waals surface area (Å²) in [4.78, 5) is 25.0. The molecule has 9 heteroatoms. The molecule has 138 valence electrons. The van der Waals surface area contributed by atoms with Crippen LogP contribution in [0.15, 0.2) is 36.5 Å². The summed E-state index contributed by atoms with van der Waals surface area (Å²) in [6.45, 7) is -1.16. The molecule has 0 aliphatic carbocycles. The van der Waals surface area contributed by atoms with E-state index in [1.165, 1.54) is 10.9 Å². The number of carboxylic acid groups (broad SMARTS) is 1. The highest BCUT2D eigenvalue weighted by Gasteiger charge is 2.53. The van der Waals surface area contributed by atoms with Crippen LogP contribution in [0.1, 0.15) is 10.4 Å². The molecule has 1 amide bonds. The Hall–Kier alpha value is -2.84. The molecule has 2 heterocycles. The predicted molar refractivity (Wildman–Crippen MR) is 85.2 cm³/mol. The van der Waals surface area contributed by atoms with Crippen molar-refractivity contribution in [2.24, 2.45) is 18.9 Å². The molecule has 1 saturated heterocycles. The normalized spacial score (nSPS) is 20.4.